The molecule has 0 bridgehead atoms. The van der Waals surface area contributed by atoms with Crippen molar-refractivity contribution in [2.45, 2.75) is 52.2 Å². The van der Waals surface area contributed by atoms with E-state index < -0.39 is 6.10 Å². The van der Waals surface area contributed by atoms with Crippen molar-refractivity contribution in [3.05, 3.63) is 29.3 Å². The Balaban J connectivity index is 2.05. The standard InChI is InChI=1S/C18H28N2O2/c1-12(2)15-7-6-13(3)17(10-15)22-14(4)18(21)20(5)16-8-9-19-11-16/h6-7,10,12,14,16,19H,8-9,11H2,1-5H3. The number of rotatable bonds is 5. The van der Waals surface area contributed by atoms with Crippen molar-refractivity contribution >= 4 is 5.91 Å². The molecule has 22 heavy (non-hydrogen) atoms. The van der Waals surface area contributed by atoms with Crippen LogP contribution in [0.5, 0.6) is 5.75 Å². The number of amides is 1. The first kappa shape index (κ1) is 16.8. The molecule has 1 aliphatic rings. The van der Waals surface area contributed by atoms with Crippen LogP contribution in [0.3, 0.4) is 0 Å². The normalized spacial score (nSPS) is 19.3. The van der Waals surface area contributed by atoms with Crippen LogP contribution in [0, 0.1) is 6.92 Å². The van der Waals surface area contributed by atoms with E-state index >= 15 is 0 Å². The molecule has 1 N–H and O–H groups in total. The smallest absolute Gasteiger partial charge is 0.263 e. The number of likely N-dealkylation sites (N-methyl/N-ethyl adjacent to an activating group) is 1. The van der Waals surface area contributed by atoms with Crippen molar-refractivity contribution in [3.8, 4) is 5.75 Å². The summed E-state index contributed by atoms with van der Waals surface area (Å²) in [6.07, 6.45) is 0.545. The van der Waals surface area contributed by atoms with Crippen LogP contribution < -0.4 is 10.1 Å². The van der Waals surface area contributed by atoms with Crippen molar-refractivity contribution in [1.82, 2.24) is 10.2 Å². The van der Waals surface area contributed by atoms with Gasteiger partial charge in [-0.2, -0.15) is 0 Å². The quantitative estimate of drug-likeness (QED) is 0.909. The number of nitrogens with one attached hydrogen (secondary N) is 1. The number of aryl methyl sites for hydroxylation is 1. The van der Waals surface area contributed by atoms with E-state index in [2.05, 4.69) is 37.4 Å². The fourth-order valence-corrected chi connectivity index (χ4v) is 2.78. The van der Waals surface area contributed by atoms with Gasteiger partial charge in [-0.05, 0) is 49.9 Å². The summed E-state index contributed by atoms with van der Waals surface area (Å²) in [6, 6.07) is 6.52. The van der Waals surface area contributed by atoms with Crippen molar-refractivity contribution in [1.29, 1.82) is 0 Å². The van der Waals surface area contributed by atoms with Crippen LogP contribution in [0.1, 0.15) is 44.2 Å². The number of carbonyl (C=O) groups is 1. The van der Waals surface area contributed by atoms with E-state index in [0.29, 0.717) is 5.92 Å². The van der Waals surface area contributed by atoms with Gasteiger partial charge in [0.1, 0.15) is 5.75 Å². The molecule has 0 aliphatic carbocycles. The van der Waals surface area contributed by atoms with Gasteiger partial charge in [0.2, 0.25) is 0 Å². The third kappa shape index (κ3) is 3.80. The van der Waals surface area contributed by atoms with E-state index in [1.54, 1.807) is 0 Å². The first-order valence-corrected chi connectivity index (χ1v) is 8.14. The zero-order chi connectivity index (χ0) is 16.3. The van der Waals surface area contributed by atoms with Gasteiger partial charge in [-0.25, -0.2) is 0 Å². The average Bonchev–Trinajstić information content (AvgIpc) is 3.01. The Morgan fingerprint density at radius 3 is 2.68 bits per heavy atom. The van der Waals surface area contributed by atoms with Gasteiger partial charge in [0.05, 0.1) is 0 Å². The molecule has 2 rings (SSSR count). The summed E-state index contributed by atoms with van der Waals surface area (Å²) in [6.45, 7) is 10.0. The third-order valence-corrected chi connectivity index (χ3v) is 4.46. The number of hydrogen-bond acceptors (Lipinski definition) is 3. The summed E-state index contributed by atoms with van der Waals surface area (Å²) in [5, 5.41) is 3.29. The summed E-state index contributed by atoms with van der Waals surface area (Å²) in [5.41, 5.74) is 2.29. The molecule has 1 saturated heterocycles. The molecule has 1 aromatic carbocycles. The van der Waals surface area contributed by atoms with Crippen LogP contribution in [-0.2, 0) is 4.79 Å². The first-order valence-electron chi connectivity index (χ1n) is 8.14. The van der Waals surface area contributed by atoms with Gasteiger partial charge in [0, 0.05) is 19.6 Å². The predicted molar refractivity (Wildman–Crippen MR) is 89.4 cm³/mol. The number of nitrogens with zero attached hydrogens (tertiary/aromatic N) is 1. The highest BCUT2D eigenvalue weighted by atomic mass is 16.5. The van der Waals surface area contributed by atoms with Gasteiger partial charge in [0.25, 0.3) is 5.91 Å². The summed E-state index contributed by atoms with van der Waals surface area (Å²) >= 11 is 0. The summed E-state index contributed by atoms with van der Waals surface area (Å²) in [5.74, 6) is 1.30. The molecule has 2 unspecified atom stereocenters. The van der Waals surface area contributed by atoms with Crippen LogP contribution in [0.2, 0.25) is 0 Å². The molecule has 0 saturated carbocycles. The molecular weight excluding hydrogens is 276 g/mol. The highest BCUT2D eigenvalue weighted by Crippen LogP contribution is 2.25. The van der Waals surface area contributed by atoms with E-state index in [1.807, 2.05) is 25.8 Å². The van der Waals surface area contributed by atoms with Crippen LogP contribution in [-0.4, -0.2) is 43.1 Å². The minimum atomic E-state index is -0.466. The molecule has 4 nitrogen and oxygen atoms in total. The van der Waals surface area contributed by atoms with E-state index in [-0.39, 0.29) is 11.9 Å². The highest BCUT2D eigenvalue weighted by Gasteiger charge is 2.27. The fourth-order valence-electron chi connectivity index (χ4n) is 2.78. The van der Waals surface area contributed by atoms with Gasteiger partial charge in [0.15, 0.2) is 6.10 Å². The lowest BCUT2D eigenvalue weighted by molar-refractivity contribution is -0.138. The van der Waals surface area contributed by atoms with Gasteiger partial charge in [-0.1, -0.05) is 26.0 Å². The fraction of sp³-hybridized carbons (Fsp3) is 0.611. The Morgan fingerprint density at radius 1 is 1.36 bits per heavy atom. The Hall–Kier alpha value is -1.55. The molecule has 0 aromatic heterocycles. The van der Waals surface area contributed by atoms with Crippen molar-refractivity contribution in [2.24, 2.45) is 0 Å². The summed E-state index contributed by atoms with van der Waals surface area (Å²) in [7, 11) is 1.87. The zero-order valence-corrected chi connectivity index (χ0v) is 14.3. The number of benzene rings is 1. The molecule has 0 radical (unpaired) electrons. The van der Waals surface area contributed by atoms with Crippen molar-refractivity contribution in [2.75, 3.05) is 20.1 Å². The summed E-state index contributed by atoms with van der Waals surface area (Å²) < 4.78 is 5.97. The van der Waals surface area contributed by atoms with E-state index in [0.717, 1.165) is 30.8 Å². The number of carbonyl (C=O) groups excluding carboxylic acids is 1. The maximum Gasteiger partial charge on any atom is 0.263 e. The largest absolute Gasteiger partial charge is 0.481 e. The van der Waals surface area contributed by atoms with Crippen LogP contribution in [0.15, 0.2) is 18.2 Å². The van der Waals surface area contributed by atoms with Gasteiger partial charge in [-0.3, -0.25) is 4.79 Å². The molecular formula is C18H28N2O2. The zero-order valence-electron chi connectivity index (χ0n) is 14.3. The first-order chi connectivity index (χ1) is 10.4. The van der Waals surface area contributed by atoms with Gasteiger partial charge < -0.3 is 15.0 Å². The Kier molecular flexibility index (Phi) is 5.46. The lowest BCUT2D eigenvalue weighted by Crippen LogP contribution is -2.44. The second-order valence-electron chi connectivity index (χ2n) is 6.54. The molecule has 0 spiro atoms. The van der Waals surface area contributed by atoms with E-state index in [1.165, 1.54) is 5.56 Å². The summed E-state index contributed by atoms with van der Waals surface area (Å²) in [4.78, 5) is 14.4. The Morgan fingerprint density at radius 2 is 2.09 bits per heavy atom. The van der Waals surface area contributed by atoms with Crippen molar-refractivity contribution < 1.29 is 9.53 Å². The Labute approximate surface area is 133 Å². The maximum absolute atomic E-state index is 12.5. The molecule has 1 fully saturated rings. The molecule has 4 heteroatoms. The van der Waals surface area contributed by atoms with Crippen LogP contribution in [0.25, 0.3) is 0 Å². The molecule has 1 aliphatic heterocycles. The van der Waals surface area contributed by atoms with Gasteiger partial charge in [-0.15, -0.1) is 0 Å². The highest BCUT2D eigenvalue weighted by molar-refractivity contribution is 5.81. The molecule has 1 aromatic rings. The van der Waals surface area contributed by atoms with Crippen LogP contribution in [0.4, 0.5) is 0 Å². The molecule has 122 valence electrons. The van der Waals surface area contributed by atoms with E-state index in [4.69, 9.17) is 4.74 Å². The van der Waals surface area contributed by atoms with Crippen LogP contribution >= 0.6 is 0 Å². The molecule has 1 amide bonds. The molecule has 1 heterocycles. The SMILES string of the molecule is Cc1ccc(C(C)C)cc1OC(C)C(=O)N(C)C1CCNC1. The second-order valence-corrected chi connectivity index (χ2v) is 6.54. The Bertz CT molecular complexity index is 522. The lowest BCUT2D eigenvalue weighted by Gasteiger charge is -2.27. The number of ether oxygens (including phenoxy) is 1. The topological polar surface area (TPSA) is 41.6 Å². The van der Waals surface area contributed by atoms with Crippen molar-refractivity contribution in [3.63, 3.8) is 0 Å². The predicted octanol–water partition coefficient (Wildman–Crippen LogP) is 2.71. The minimum absolute atomic E-state index is 0.0445. The second kappa shape index (κ2) is 7.14. The monoisotopic (exact) mass is 304 g/mol. The number of hydrogen-bond donors (Lipinski definition) is 1. The van der Waals surface area contributed by atoms with E-state index in [9.17, 15) is 4.79 Å². The average molecular weight is 304 g/mol. The van der Waals surface area contributed by atoms with Gasteiger partial charge >= 0.3 is 0 Å². The lowest BCUT2D eigenvalue weighted by atomic mass is 10.0. The maximum atomic E-state index is 12.5. The third-order valence-electron chi connectivity index (χ3n) is 4.46. The minimum Gasteiger partial charge on any atom is -0.481 e. The molecule has 2 atom stereocenters.